The number of carbonyl (C=O) groups is 2. The van der Waals surface area contributed by atoms with Gasteiger partial charge >= 0.3 is 0 Å². The van der Waals surface area contributed by atoms with Crippen molar-refractivity contribution >= 4 is 17.5 Å². The average Bonchev–Trinajstić information content (AvgIpc) is 2.50. The Kier molecular flexibility index (Phi) is 5.08. The maximum absolute atomic E-state index is 12.0. The predicted molar refractivity (Wildman–Crippen MR) is 83.8 cm³/mol. The average molecular weight is 299 g/mol. The summed E-state index contributed by atoms with van der Waals surface area (Å²) < 4.78 is 1.31. The van der Waals surface area contributed by atoms with E-state index in [1.807, 2.05) is 6.92 Å². The van der Waals surface area contributed by atoms with Crippen molar-refractivity contribution in [3.05, 3.63) is 64.6 Å². The molecule has 0 spiro atoms. The molecule has 22 heavy (non-hydrogen) atoms. The van der Waals surface area contributed by atoms with E-state index in [-0.39, 0.29) is 23.9 Å². The van der Waals surface area contributed by atoms with E-state index in [1.54, 1.807) is 42.6 Å². The van der Waals surface area contributed by atoms with Crippen molar-refractivity contribution in [2.24, 2.45) is 0 Å². The third-order valence-corrected chi connectivity index (χ3v) is 2.96. The van der Waals surface area contributed by atoms with Crippen molar-refractivity contribution in [3.63, 3.8) is 0 Å². The monoisotopic (exact) mass is 299 g/mol. The summed E-state index contributed by atoms with van der Waals surface area (Å²) in [6, 6.07) is 11.3. The zero-order valence-electron chi connectivity index (χ0n) is 12.2. The predicted octanol–water partition coefficient (Wildman–Crippen LogP) is 1.24. The summed E-state index contributed by atoms with van der Waals surface area (Å²) in [4.78, 5) is 35.3. The molecule has 2 N–H and O–H groups in total. The lowest BCUT2D eigenvalue weighted by molar-refractivity contribution is -0.116. The molecule has 2 aromatic rings. The molecule has 2 rings (SSSR count). The Bertz CT molecular complexity index is 737. The van der Waals surface area contributed by atoms with E-state index < -0.39 is 0 Å². The van der Waals surface area contributed by atoms with Gasteiger partial charge in [0.05, 0.1) is 0 Å². The van der Waals surface area contributed by atoms with Gasteiger partial charge in [-0.25, -0.2) is 0 Å². The van der Waals surface area contributed by atoms with Crippen LogP contribution in [0.1, 0.15) is 17.3 Å². The van der Waals surface area contributed by atoms with Gasteiger partial charge in [0, 0.05) is 30.1 Å². The number of anilines is 1. The number of rotatable bonds is 5. The molecular weight excluding hydrogens is 282 g/mol. The standard InChI is InChI=1S/C16H17N3O3/c1-2-17-16(22)12-6-5-7-13(10-12)18-14(20)11-19-9-4-3-8-15(19)21/h3-10H,2,11H2,1H3,(H,17,22)(H,18,20). The van der Waals surface area contributed by atoms with Crippen molar-refractivity contribution < 1.29 is 9.59 Å². The second-order valence-electron chi connectivity index (χ2n) is 4.66. The highest BCUT2D eigenvalue weighted by Gasteiger charge is 2.08. The molecule has 0 atom stereocenters. The molecule has 0 fully saturated rings. The van der Waals surface area contributed by atoms with Crippen LogP contribution in [-0.4, -0.2) is 22.9 Å². The molecule has 1 heterocycles. The number of hydrogen-bond donors (Lipinski definition) is 2. The van der Waals surface area contributed by atoms with Crippen LogP contribution in [0.25, 0.3) is 0 Å². The van der Waals surface area contributed by atoms with E-state index >= 15 is 0 Å². The van der Waals surface area contributed by atoms with Crippen LogP contribution in [-0.2, 0) is 11.3 Å². The molecule has 0 aliphatic carbocycles. The van der Waals surface area contributed by atoms with Crippen LogP contribution < -0.4 is 16.2 Å². The minimum atomic E-state index is -0.332. The molecule has 0 saturated heterocycles. The Hall–Kier alpha value is -2.89. The molecule has 1 aromatic carbocycles. The lowest BCUT2D eigenvalue weighted by Gasteiger charge is -2.08. The summed E-state index contributed by atoms with van der Waals surface area (Å²) in [6.45, 7) is 2.29. The Morgan fingerprint density at radius 3 is 2.68 bits per heavy atom. The molecule has 114 valence electrons. The first-order valence-corrected chi connectivity index (χ1v) is 6.93. The SMILES string of the molecule is CCNC(=O)c1cccc(NC(=O)Cn2ccccc2=O)c1. The van der Waals surface area contributed by atoms with Crippen molar-refractivity contribution in [2.45, 2.75) is 13.5 Å². The largest absolute Gasteiger partial charge is 0.352 e. The fourth-order valence-corrected chi connectivity index (χ4v) is 1.95. The number of amides is 2. The summed E-state index contributed by atoms with van der Waals surface area (Å²) >= 11 is 0. The van der Waals surface area contributed by atoms with E-state index in [0.717, 1.165) is 0 Å². The summed E-state index contributed by atoms with van der Waals surface area (Å²) in [6.07, 6.45) is 1.55. The fourth-order valence-electron chi connectivity index (χ4n) is 1.95. The number of aromatic nitrogens is 1. The van der Waals surface area contributed by atoms with Crippen LogP contribution >= 0.6 is 0 Å². The van der Waals surface area contributed by atoms with Gasteiger partial charge in [0.2, 0.25) is 5.91 Å². The minimum absolute atomic E-state index is 0.0783. The molecule has 6 nitrogen and oxygen atoms in total. The second kappa shape index (κ2) is 7.21. The molecule has 6 heteroatoms. The first-order chi connectivity index (χ1) is 10.6. The molecule has 0 unspecified atom stereocenters. The topological polar surface area (TPSA) is 80.2 Å². The zero-order valence-corrected chi connectivity index (χ0v) is 12.2. The normalized spacial score (nSPS) is 10.0. The first-order valence-electron chi connectivity index (χ1n) is 6.93. The molecule has 2 amide bonds. The lowest BCUT2D eigenvalue weighted by Crippen LogP contribution is -2.26. The zero-order chi connectivity index (χ0) is 15.9. The summed E-state index contributed by atoms with van der Waals surface area (Å²) in [5.41, 5.74) is 0.739. The van der Waals surface area contributed by atoms with Gasteiger partial charge in [-0.3, -0.25) is 14.4 Å². The van der Waals surface area contributed by atoms with Gasteiger partial charge in [0.15, 0.2) is 0 Å². The van der Waals surface area contributed by atoms with Gasteiger partial charge in [-0.1, -0.05) is 12.1 Å². The van der Waals surface area contributed by atoms with Crippen LogP contribution in [0, 0.1) is 0 Å². The molecule has 0 bridgehead atoms. The molecule has 0 aliphatic rings. The minimum Gasteiger partial charge on any atom is -0.352 e. The van der Waals surface area contributed by atoms with E-state index in [0.29, 0.717) is 17.8 Å². The lowest BCUT2D eigenvalue weighted by atomic mass is 10.2. The van der Waals surface area contributed by atoms with E-state index in [1.165, 1.54) is 10.6 Å². The number of hydrogen-bond acceptors (Lipinski definition) is 3. The van der Waals surface area contributed by atoms with Crippen molar-refractivity contribution in [1.29, 1.82) is 0 Å². The molecular formula is C16H17N3O3. The van der Waals surface area contributed by atoms with Crippen molar-refractivity contribution in [3.8, 4) is 0 Å². The van der Waals surface area contributed by atoms with Gasteiger partial charge in [-0.2, -0.15) is 0 Å². The highest BCUT2D eigenvalue weighted by Crippen LogP contribution is 2.10. The molecule has 0 saturated carbocycles. The van der Waals surface area contributed by atoms with Crippen LogP contribution in [0.4, 0.5) is 5.69 Å². The van der Waals surface area contributed by atoms with E-state index in [2.05, 4.69) is 10.6 Å². The number of nitrogens with one attached hydrogen (secondary N) is 2. The van der Waals surface area contributed by atoms with Crippen LogP contribution in [0.2, 0.25) is 0 Å². The number of pyridine rings is 1. The highest BCUT2D eigenvalue weighted by atomic mass is 16.2. The second-order valence-corrected chi connectivity index (χ2v) is 4.66. The van der Waals surface area contributed by atoms with Gasteiger partial charge < -0.3 is 15.2 Å². The first kappa shape index (κ1) is 15.5. The Labute approximate surface area is 127 Å². The van der Waals surface area contributed by atoms with Gasteiger partial charge in [-0.15, -0.1) is 0 Å². The van der Waals surface area contributed by atoms with Crippen molar-refractivity contribution in [1.82, 2.24) is 9.88 Å². The fraction of sp³-hybridized carbons (Fsp3) is 0.188. The quantitative estimate of drug-likeness (QED) is 0.871. The van der Waals surface area contributed by atoms with Crippen LogP contribution in [0.15, 0.2) is 53.5 Å². The number of nitrogens with zero attached hydrogens (tertiary/aromatic N) is 1. The smallest absolute Gasteiger partial charge is 0.251 e. The maximum atomic E-state index is 12.0. The summed E-state index contributed by atoms with van der Waals surface area (Å²) in [5, 5.41) is 5.37. The number of benzene rings is 1. The Balaban J connectivity index is 2.06. The van der Waals surface area contributed by atoms with Crippen LogP contribution in [0.5, 0.6) is 0 Å². The summed E-state index contributed by atoms with van der Waals surface area (Å²) in [5.74, 6) is -0.528. The molecule has 1 aromatic heterocycles. The van der Waals surface area contributed by atoms with E-state index in [9.17, 15) is 14.4 Å². The van der Waals surface area contributed by atoms with Crippen molar-refractivity contribution in [2.75, 3.05) is 11.9 Å². The maximum Gasteiger partial charge on any atom is 0.251 e. The highest BCUT2D eigenvalue weighted by molar-refractivity contribution is 5.97. The van der Waals surface area contributed by atoms with Gasteiger partial charge in [0.25, 0.3) is 11.5 Å². The third kappa shape index (κ3) is 4.05. The Morgan fingerprint density at radius 2 is 1.95 bits per heavy atom. The van der Waals surface area contributed by atoms with Gasteiger partial charge in [-0.05, 0) is 31.2 Å². The molecule has 0 aliphatic heterocycles. The molecule has 0 radical (unpaired) electrons. The van der Waals surface area contributed by atoms with Gasteiger partial charge in [0.1, 0.15) is 6.54 Å². The third-order valence-electron chi connectivity index (χ3n) is 2.96. The Morgan fingerprint density at radius 1 is 1.14 bits per heavy atom. The summed E-state index contributed by atoms with van der Waals surface area (Å²) in [7, 11) is 0. The van der Waals surface area contributed by atoms with E-state index in [4.69, 9.17) is 0 Å². The number of carbonyl (C=O) groups excluding carboxylic acids is 2. The van der Waals surface area contributed by atoms with Crippen LogP contribution in [0.3, 0.4) is 0 Å².